The van der Waals surface area contributed by atoms with Gasteiger partial charge in [0.15, 0.2) is 0 Å². The molecular weight excluding hydrogens is 438 g/mol. The van der Waals surface area contributed by atoms with E-state index in [1.807, 2.05) is 0 Å². The standard InChI is InChI=1S/C33H41NSi/c1-21-14-22(2)17-30(16-21)35(31-18-23(3)15-24(4)19-31)33(8)27(7)25(5)26(6)32(33)28-12-11-13-29(20-28)34(9)10/h11-20,35H,1-10H3. The van der Waals surface area contributed by atoms with Gasteiger partial charge in [-0.25, -0.2) is 0 Å². The van der Waals surface area contributed by atoms with Gasteiger partial charge in [0.05, 0.1) is 0 Å². The lowest BCUT2D eigenvalue weighted by molar-refractivity contribution is 0.901. The van der Waals surface area contributed by atoms with Crippen molar-refractivity contribution in [3.05, 3.63) is 105 Å². The molecule has 1 aliphatic rings. The summed E-state index contributed by atoms with van der Waals surface area (Å²) in [6.07, 6.45) is 0. The number of rotatable bonds is 5. The molecular formula is C33H41NSi. The summed E-state index contributed by atoms with van der Waals surface area (Å²) in [6.45, 7) is 18.6. The minimum absolute atomic E-state index is 0.0282. The van der Waals surface area contributed by atoms with Crippen LogP contribution in [0, 0.1) is 27.7 Å². The third-order valence-electron chi connectivity index (χ3n) is 8.18. The van der Waals surface area contributed by atoms with Crippen molar-refractivity contribution in [1.29, 1.82) is 0 Å². The molecule has 0 spiro atoms. The van der Waals surface area contributed by atoms with Crippen molar-refractivity contribution in [3.63, 3.8) is 0 Å². The molecule has 0 aromatic heterocycles. The highest BCUT2D eigenvalue weighted by molar-refractivity contribution is 6.90. The summed E-state index contributed by atoms with van der Waals surface area (Å²) in [5.74, 6) is 0. The fraction of sp³-hybridized carbons (Fsp3) is 0.333. The lowest BCUT2D eigenvalue weighted by Crippen LogP contribution is -2.52. The molecule has 0 amide bonds. The Morgan fingerprint density at radius 3 is 1.57 bits per heavy atom. The van der Waals surface area contributed by atoms with Gasteiger partial charge in [-0.2, -0.15) is 0 Å². The predicted molar refractivity (Wildman–Crippen MR) is 158 cm³/mol. The van der Waals surface area contributed by atoms with E-state index in [-0.39, 0.29) is 5.04 Å². The molecule has 0 saturated heterocycles. The van der Waals surface area contributed by atoms with Crippen LogP contribution in [0.25, 0.3) is 5.57 Å². The van der Waals surface area contributed by atoms with Crippen LogP contribution in [0.2, 0.25) is 5.04 Å². The number of anilines is 1. The molecule has 0 saturated carbocycles. The number of aryl methyl sites for hydroxylation is 4. The van der Waals surface area contributed by atoms with Crippen LogP contribution in [-0.4, -0.2) is 22.9 Å². The van der Waals surface area contributed by atoms with Crippen molar-refractivity contribution < 1.29 is 0 Å². The van der Waals surface area contributed by atoms with Crippen molar-refractivity contribution in [2.75, 3.05) is 19.0 Å². The lowest BCUT2D eigenvalue weighted by Gasteiger charge is -2.40. The summed E-state index contributed by atoms with van der Waals surface area (Å²) in [5, 5.41) is 3.05. The van der Waals surface area contributed by atoms with Crippen LogP contribution in [-0.2, 0) is 0 Å². The van der Waals surface area contributed by atoms with Crippen LogP contribution in [0.5, 0.6) is 0 Å². The second kappa shape index (κ2) is 9.31. The molecule has 4 rings (SSSR count). The maximum absolute atomic E-state index is 2.55. The Morgan fingerprint density at radius 2 is 1.11 bits per heavy atom. The maximum Gasteiger partial charge on any atom is 0.117 e. The first-order valence-corrected chi connectivity index (χ1v) is 14.5. The van der Waals surface area contributed by atoms with E-state index in [1.165, 1.54) is 66.2 Å². The molecule has 0 fully saturated rings. The molecule has 182 valence electrons. The van der Waals surface area contributed by atoms with Crippen molar-refractivity contribution >= 4 is 30.4 Å². The monoisotopic (exact) mass is 479 g/mol. The van der Waals surface area contributed by atoms with Gasteiger partial charge in [-0.05, 0) is 82.9 Å². The number of benzene rings is 3. The molecule has 0 N–H and O–H groups in total. The van der Waals surface area contributed by atoms with Gasteiger partial charge in [0.25, 0.3) is 0 Å². The molecule has 0 heterocycles. The lowest BCUT2D eigenvalue weighted by atomic mass is 9.90. The zero-order valence-corrected chi connectivity index (χ0v) is 24.5. The zero-order valence-electron chi connectivity index (χ0n) is 23.3. The molecule has 0 radical (unpaired) electrons. The first kappa shape index (κ1) is 25.3. The second-order valence-corrected chi connectivity index (χ2v) is 14.5. The van der Waals surface area contributed by atoms with Crippen molar-refractivity contribution in [1.82, 2.24) is 0 Å². The van der Waals surface area contributed by atoms with Crippen molar-refractivity contribution in [2.24, 2.45) is 0 Å². The Bertz CT molecular complexity index is 1270. The van der Waals surface area contributed by atoms with E-state index >= 15 is 0 Å². The molecule has 3 aromatic carbocycles. The largest absolute Gasteiger partial charge is 0.378 e. The van der Waals surface area contributed by atoms with Gasteiger partial charge in [-0.1, -0.05) is 93.7 Å². The minimum Gasteiger partial charge on any atom is -0.378 e. The zero-order chi connectivity index (χ0) is 25.7. The van der Waals surface area contributed by atoms with E-state index in [1.54, 1.807) is 0 Å². The highest BCUT2D eigenvalue weighted by Gasteiger charge is 2.47. The molecule has 1 aliphatic carbocycles. The summed E-state index contributed by atoms with van der Waals surface area (Å²) in [7, 11) is 2.50. The Hall–Kier alpha value is -2.84. The Morgan fingerprint density at radius 1 is 0.629 bits per heavy atom. The molecule has 2 heteroatoms. The first-order valence-electron chi connectivity index (χ1n) is 12.8. The number of nitrogens with zero attached hydrogens (tertiary/aromatic N) is 1. The van der Waals surface area contributed by atoms with Gasteiger partial charge in [0.1, 0.15) is 8.80 Å². The van der Waals surface area contributed by atoms with E-state index in [0.717, 1.165) is 0 Å². The Balaban J connectivity index is 2.06. The van der Waals surface area contributed by atoms with Crippen LogP contribution in [0.1, 0.15) is 55.5 Å². The van der Waals surface area contributed by atoms with Gasteiger partial charge in [-0.15, -0.1) is 0 Å². The number of allylic oxidation sites excluding steroid dienone is 4. The maximum atomic E-state index is 2.55. The van der Waals surface area contributed by atoms with Crippen LogP contribution < -0.4 is 15.3 Å². The molecule has 1 unspecified atom stereocenters. The topological polar surface area (TPSA) is 3.24 Å². The van der Waals surface area contributed by atoms with Crippen LogP contribution in [0.15, 0.2) is 77.4 Å². The van der Waals surface area contributed by atoms with E-state index in [4.69, 9.17) is 0 Å². The molecule has 3 aromatic rings. The average Bonchev–Trinajstić information content (AvgIpc) is 2.93. The summed E-state index contributed by atoms with van der Waals surface area (Å²) in [6, 6.07) is 23.6. The Kier molecular flexibility index (Phi) is 6.72. The number of hydrogen-bond donors (Lipinski definition) is 0. The fourth-order valence-electron chi connectivity index (χ4n) is 6.46. The Labute approximate surface area is 214 Å². The second-order valence-electron chi connectivity index (χ2n) is 11.2. The van der Waals surface area contributed by atoms with E-state index < -0.39 is 8.80 Å². The molecule has 35 heavy (non-hydrogen) atoms. The van der Waals surface area contributed by atoms with Crippen molar-refractivity contribution in [3.8, 4) is 0 Å². The van der Waals surface area contributed by atoms with E-state index in [9.17, 15) is 0 Å². The minimum atomic E-state index is -1.76. The van der Waals surface area contributed by atoms with Gasteiger partial charge >= 0.3 is 0 Å². The van der Waals surface area contributed by atoms with Crippen LogP contribution in [0.4, 0.5) is 5.69 Å². The van der Waals surface area contributed by atoms with Gasteiger partial charge in [-0.3, -0.25) is 0 Å². The fourth-order valence-corrected chi connectivity index (χ4v) is 11.2. The van der Waals surface area contributed by atoms with Crippen LogP contribution in [0.3, 0.4) is 0 Å². The molecule has 1 atom stereocenters. The van der Waals surface area contributed by atoms with Crippen LogP contribution >= 0.6 is 0 Å². The summed E-state index contributed by atoms with van der Waals surface area (Å²) < 4.78 is 0. The molecule has 1 nitrogen and oxygen atoms in total. The SMILES string of the molecule is CC1=C(C)C(C)([SiH](c2cc(C)cc(C)c2)c2cc(C)cc(C)c2)C(c2cccc(N(C)C)c2)=C1C. The summed E-state index contributed by atoms with van der Waals surface area (Å²) in [5.41, 5.74) is 14.0. The highest BCUT2D eigenvalue weighted by Crippen LogP contribution is 2.58. The third-order valence-corrected chi connectivity index (χ3v) is 12.1. The van der Waals surface area contributed by atoms with E-state index in [2.05, 4.69) is 135 Å². The average molecular weight is 480 g/mol. The smallest absolute Gasteiger partial charge is 0.117 e. The highest BCUT2D eigenvalue weighted by atomic mass is 28.3. The quantitative estimate of drug-likeness (QED) is 0.359. The van der Waals surface area contributed by atoms with Gasteiger partial charge in [0.2, 0.25) is 0 Å². The third kappa shape index (κ3) is 4.45. The van der Waals surface area contributed by atoms with Crippen molar-refractivity contribution in [2.45, 2.75) is 60.4 Å². The first-order chi connectivity index (χ1) is 16.4. The molecule has 0 aliphatic heterocycles. The predicted octanol–water partition coefficient (Wildman–Crippen LogP) is 6.91. The van der Waals surface area contributed by atoms with Gasteiger partial charge < -0.3 is 4.90 Å². The van der Waals surface area contributed by atoms with E-state index in [0.29, 0.717) is 0 Å². The molecule has 0 bridgehead atoms. The van der Waals surface area contributed by atoms with Gasteiger partial charge in [0, 0.05) is 24.8 Å². The number of hydrogen-bond acceptors (Lipinski definition) is 1. The normalized spacial score (nSPS) is 18.1. The summed E-state index contributed by atoms with van der Waals surface area (Å²) in [4.78, 5) is 2.21. The summed E-state index contributed by atoms with van der Waals surface area (Å²) >= 11 is 0.